The zero-order valence-electron chi connectivity index (χ0n) is 11.8. The molecule has 2 rings (SSSR count). The van der Waals surface area contributed by atoms with Gasteiger partial charge in [-0.05, 0) is 19.1 Å². The molecule has 0 bridgehead atoms. The number of anilines is 1. The molecule has 7 heteroatoms. The van der Waals surface area contributed by atoms with Crippen LogP contribution in [0.5, 0.6) is 0 Å². The number of hydrogen-bond acceptors (Lipinski definition) is 4. The molecule has 1 aliphatic carbocycles. The van der Waals surface area contributed by atoms with Crippen molar-refractivity contribution in [3.05, 3.63) is 33.9 Å². The summed E-state index contributed by atoms with van der Waals surface area (Å²) >= 11 is 1.72. The van der Waals surface area contributed by atoms with Crippen molar-refractivity contribution in [1.82, 2.24) is 0 Å². The zero-order valence-corrected chi connectivity index (χ0v) is 12.6. The van der Waals surface area contributed by atoms with Crippen LogP contribution in [0.4, 0.5) is 20.2 Å². The van der Waals surface area contributed by atoms with Gasteiger partial charge in [-0.1, -0.05) is 19.3 Å². The molecule has 0 unspecified atom stereocenters. The van der Waals surface area contributed by atoms with Gasteiger partial charge in [0, 0.05) is 23.4 Å². The minimum atomic E-state index is -1.15. The first kappa shape index (κ1) is 16.0. The molecule has 0 aliphatic heterocycles. The maximum atomic E-state index is 13.6. The number of nitrogens with one attached hydrogen (secondary N) is 1. The Labute approximate surface area is 126 Å². The predicted octanol–water partition coefficient (Wildman–Crippen LogP) is 4.35. The molecule has 0 spiro atoms. The predicted molar refractivity (Wildman–Crippen MR) is 80.8 cm³/mol. The summed E-state index contributed by atoms with van der Waals surface area (Å²) in [5, 5.41) is 13.8. The lowest BCUT2D eigenvalue weighted by Crippen LogP contribution is -2.35. The molecular formula is C14H18F2N2O2S. The third kappa shape index (κ3) is 3.64. The van der Waals surface area contributed by atoms with Crippen molar-refractivity contribution in [2.45, 2.75) is 36.9 Å². The maximum absolute atomic E-state index is 13.6. The molecule has 0 amide bonds. The van der Waals surface area contributed by atoms with Crippen LogP contribution in [-0.2, 0) is 0 Å². The van der Waals surface area contributed by atoms with Gasteiger partial charge in [-0.25, -0.2) is 4.39 Å². The Bertz CT molecular complexity index is 534. The van der Waals surface area contributed by atoms with Gasteiger partial charge in [0.05, 0.1) is 4.92 Å². The molecule has 1 aromatic rings. The molecular weight excluding hydrogens is 298 g/mol. The van der Waals surface area contributed by atoms with Gasteiger partial charge in [0.25, 0.3) is 0 Å². The first-order valence-corrected chi connectivity index (χ1v) is 8.12. The van der Waals surface area contributed by atoms with Crippen molar-refractivity contribution in [2.24, 2.45) is 0 Å². The Morgan fingerprint density at radius 3 is 2.57 bits per heavy atom. The summed E-state index contributed by atoms with van der Waals surface area (Å²) in [6.45, 7) is 0.470. The van der Waals surface area contributed by atoms with Crippen LogP contribution in [-0.4, -0.2) is 22.5 Å². The van der Waals surface area contributed by atoms with E-state index in [9.17, 15) is 18.9 Å². The average molecular weight is 316 g/mol. The van der Waals surface area contributed by atoms with Gasteiger partial charge in [-0.2, -0.15) is 16.2 Å². The third-order valence-electron chi connectivity index (χ3n) is 4.01. The molecule has 0 saturated heterocycles. The molecule has 0 heterocycles. The maximum Gasteiger partial charge on any atom is 0.327 e. The fraction of sp³-hybridized carbons (Fsp3) is 0.571. The van der Waals surface area contributed by atoms with Gasteiger partial charge < -0.3 is 5.32 Å². The van der Waals surface area contributed by atoms with E-state index in [0.29, 0.717) is 12.6 Å². The number of thioether (sulfide) groups is 1. The van der Waals surface area contributed by atoms with Crippen LogP contribution in [0.1, 0.15) is 32.1 Å². The zero-order chi connectivity index (χ0) is 15.5. The van der Waals surface area contributed by atoms with Crippen LogP contribution in [0.3, 0.4) is 0 Å². The highest BCUT2D eigenvalue weighted by atomic mass is 32.2. The van der Waals surface area contributed by atoms with Crippen LogP contribution in [0.15, 0.2) is 12.1 Å². The van der Waals surface area contributed by atoms with Crippen molar-refractivity contribution in [3.63, 3.8) is 0 Å². The number of halogens is 2. The van der Waals surface area contributed by atoms with Crippen molar-refractivity contribution in [3.8, 4) is 0 Å². The van der Waals surface area contributed by atoms with Crippen molar-refractivity contribution < 1.29 is 13.7 Å². The molecule has 116 valence electrons. The fourth-order valence-corrected chi connectivity index (χ4v) is 3.71. The Morgan fingerprint density at radius 1 is 1.33 bits per heavy atom. The van der Waals surface area contributed by atoms with Crippen LogP contribution < -0.4 is 5.32 Å². The van der Waals surface area contributed by atoms with Crippen molar-refractivity contribution >= 4 is 23.1 Å². The number of nitro benzene ring substituents is 1. The molecule has 0 aromatic heterocycles. The number of benzene rings is 1. The van der Waals surface area contributed by atoms with E-state index in [1.54, 1.807) is 11.8 Å². The van der Waals surface area contributed by atoms with Crippen molar-refractivity contribution in [1.29, 1.82) is 0 Å². The topological polar surface area (TPSA) is 55.2 Å². The van der Waals surface area contributed by atoms with Gasteiger partial charge in [0.1, 0.15) is 11.5 Å². The molecule has 0 radical (unpaired) electrons. The highest BCUT2D eigenvalue weighted by Crippen LogP contribution is 2.39. The molecule has 1 N–H and O–H groups in total. The summed E-state index contributed by atoms with van der Waals surface area (Å²) in [6.07, 6.45) is 7.44. The van der Waals surface area contributed by atoms with Gasteiger partial charge in [-0.15, -0.1) is 0 Å². The minimum Gasteiger partial charge on any atom is -0.378 e. The minimum absolute atomic E-state index is 0.0189. The number of nitro groups is 1. The lowest BCUT2D eigenvalue weighted by atomic mass is 9.88. The summed E-state index contributed by atoms with van der Waals surface area (Å²) in [5.74, 6) is -1.97. The van der Waals surface area contributed by atoms with E-state index in [1.165, 1.54) is 6.42 Å². The molecule has 1 aliphatic rings. The monoisotopic (exact) mass is 316 g/mol. The second-order valence-electron chi connectivity index (χ2n) is 5.34. The van der Waals surface area contributed by atoms with Crippen LogP contribution in [0.25, 0.3) is 0 Å². The first-order chi connectivity index (χ1) is 9.97. The lowest BCUT2D eigenvalue weighted by Gasteiger charge is -2.36. The summed E-state index contributed by atoms with van der Waals surface area (Å²) < 4.78 is 26.9. The van der Waals surface area contributed by atoms with Crippen LogP contribution in [0, 0.1) is 21.7 Å². The molecule has 1 aromatic carbocycles. The second-order valence-corrected chi connectivity index (χ2v) is 6.62. The van der Waals surface area contributed by atoms with E-state index in [4.69, 9.17) is 0 Å². The third-order valence-corrected chi connectivity index (χ3v) is 5.43. The van der Waals surface area contributed by atoms with Gasteiger partial charge in [-0.3, -0.25) is 10.1 Å². The Balaban J connectivity index is 2.21. The molecule has 4 nitrogen and oxygen atoms in total. The van der Waals surface area contributed by atoms with E-state index >= 15 is 0 Å². The van der Waals surface area contributed by atoms with E-state index in [2.05, 4.69) is 5.32 Å². The quantitative estimate of drug-likeness (QED) is 0.648. The average Bonchev–Trinajstić information content (AvgIpc) is 2.45. The van der Waals surface area contributed by atoms with Crippen LogP contribution in [0.2, 0.25) is 0 Å². The fourth-order valence-electron chi connectivity index (χ4n) is 2.79. The summed E-state index contributed by atoms with van der Waals surface area (Å²) in [7, 11) is 0. The molecule has 1 fully saturated rings. The van der Waals surface area contributed by atoms with Gasteiger partial charge in [0.2, 0.25) is 5.82 Å². The second kappa shape index (κ2) is 6.60. The Morgan fingerprint density at radius 2 is 2.00 bits per heavy atom. The lowest BCUT2D eigenvalue weighted by molar-refractivity contribution is -0.386. The largest absolute Gasteiger partial charge is 0.378 e. The van der Waals surface area contributed by atoms with Crippen LogP contribution >= 0.6 is 11.8 Å². The number of nitrogens with zero attached hydrogens (tertiary/aromatic N) is 1. The van der Waals surface area contributed by atoms with E-state index < -0.39 is 22.2 Å². The van der Waals surface area contributed by atoms with Gasteiger partial charge in [0.15, 0.2) is 0 Å². The Kier molecular flexibility index (Phi) is 5.03. The standard InChI is InChI=1S/C14H18F2N2O2S/c1-21-14(5-3-2-4-6-14)9-17-12-8-10(15)7-11(16)13(12)18(19)20/h7-8,17H,2-6,9H2,1H3. The number of hydrogen-bond donors (Lipinski definition) is 1. The molecule has 21 heavy (non-hydrogen) atoms. The highest BCUT2D eigenvalue weighted by Gasteiger charge is 2.32. The number of rotatable bonds is 5. The highest BCUT2D eigenvalue weighted by molar-refractivity contribution is 8.00. The smallest absolute Gasteiger partial charge is 0.327 e. The normalized spacial score (nSPS) is 17.5. The molecule has 1 saturated carbocycles. The van der Waals surface area contributed by atoms with Gasteiger partial charge >= 0.3 is 5.69 Å². The Hall–Kier alpha value is -1.37. The SMILES string of the molecule is CSC1(CNc2cc(F)cc(F)c2[N+](=O)[O-])CCCCC1. The van der Waals surface area contributed by atoms with E-state index in [-0.39, 0.29) is 10.4 Å². The van der Waals surface area contributed by atoms with Crippen molar-refractivity contribution in [2.75, 3.05) is 18.1 Å². The molecule has 0 atom stereocenters. The summed E-state index contributed by atoms with van der Waals surface area (Å²) in [5.41, 5.74) is -0.778. The van der Waals surface area contributed by atoms with E-state index in [0.717, 1.165) is 31.7 Å². The summed E-state index contributed by atoms with van der Waals surface area (Å²) in [6, 6.07) is 1.52. The first-order valence-electron chi connectivity index (χ1n) is 6.90. The van der Waals surface area contributed by atoms with E-state index in [1.807, 2.05) is 6.26 Å². The summed E-state index contributed by atoms with van der Waals surface area (Å²) in [4.78, 5) is 10.1.